The zero-order valence-corrected chi connectivity index (χ0v) is 26.1. The molecule has 6 heteroatoms. The van der Waals surface area contributed by atoms with E-state index in [9.17, 15) is 9.59 Å². The molecule has 0 saturated carbocycles. The molecule has 3 aliphatic heterocycles. The van der Waals surface area contributed by atoms with Crippen molar-refractivity contribution in [3.8, 4) is 0 Å². The summed E-state index contributed by atoms with van der Waals surface area (Å²) in [6.45, 7) is 8.01. The third-order valence-corrected chi connectivity index (χ3v) is 9.22. The van der Waals surface area contributed by atoms with E-state index in [0.29, 0.717) is 30.2 Å². The van der Waals surface area contributed by atoms with Gasteiger partial charge in [0.05, 0.1) is 12.7 Å². The standard InChI is InChI=1S/C17H24N2O.C10H12.C8H14ClNO/c1-2-6-14-11-17(20)19(12-14)13-18-10-5-8-15-7-3-4-9-16(15)18;1-2-6-10-8-4-3-7-9(10)5-1;1-2-3-7-4-8(11)10(5-7)6-9/h3-4,7,9,14H,2,5-6,8,10-13H2,1H3;1-2,5-6H,3-4,7-8H2;7H,2-6H2,1H3. The fraction of sp³-hybridized carbons (Fsp3) is 0.600. The van der Waals surface area contributed by atoms with Gasteiger partial charge < -0.3 is 14.7 Å². The SMILES string of the molecule is CCCC1CC(=O)N(CCl)C1.CCCC1CC(=O)N(CN2CCCc3ccccc32)C1.c1ccc2c(c1)CCCC2. The Kier molecular flexibility index (Phi) is 12.4. The van der Waals surface area contributed by atoms with Crippen LogP contribution in [-0.2, 0) is 28.9 Å². The fourth-order valence-electron chi connectivity index (χ4n) is 6.80. The minimum absolute atomic E-state index is 0.221. The van der Waals surface area contributed by atoms with E-state index >= 15 is 0 Å². The highest BCUT2D eigenvalue weighted by Gasteiger charge is 2.31. The highest BCUT2D eigenvalue weighted by molar-refractivity contribution is 6.18. The molecule has 41 heavy (non-hydrogen) atoms. The smallest absolute Gasteiger partial charge is 0.224 e. The second-order valence-corrected chi connectivity index (χ2v) is 12.4. The zero-order valence-electron chi connectivity index (χ0n) is 25.3. The van der Waals surface area contributed by atoms with Crippen LogP contribution in [0, 0.1) is 11.8 Å². The number of benzene rings is 2. The third-order valence-electron chi connectivity index (χ3n) is 8.94. The minimum atomic E-state index is 0.221. The first kappa shape index (κ1) is 31.4. The van der Waals surface area contributed by atoms with Crippen LogP contribution in [0.2, 0.25) is 0 Å². The lowest BCUT2D eigenvalue weighted by Crippen LogP contribution is -2.41. The van der Waals surface area contributed by atoms with E-state index in [0.717, 1.165) is 45.6 Å². The van der Waals surface area contributed by atoms with Gasteiger partial charge >= 0.3 is 0 Å². The molecule has 0 bridgehead atoms. The van der Waals surface area contributed by atoms with E-state index in [1.54, 1.807) is 16.0 Å². The summed E-state index contributed by atoms with van der Waals surface area (Å²) < 4.78 is 0. The molecule has 2 fully saturated rings. The minimum Gasteiger partial charge on any atom is -0.353 e. The normalized spacial score (nSPS) is 21.5. The van der Waals surface area contributed by atoms with Crippen molar-refractivity contribution in [3.05, 3.63) is 65.2 Å². The number of fused-ring (bicyclic) bond motifs is 2. The number of para-hydroxylation sites is 1. The van der Waals surface area contributed by atoms with Gasteiger partial charge in [-0.1, -0.05) is 69.2 Å². The van der Waals surface area contributed by atoms with Crippen LogP contribution in [0.1, 0.15) is 88.3 Å². The Balaban J connectivity index is 0.000000156. The number of amides is 2. The molecule has 2 atom stereocenters. The number of alkyl halides is 1. The largest absolute Gasteiger partial charge is 0.353 e. The highest BCUT2D eigenvalue weighted by Crippen LogP contribution is 2.29. The Bertz CT molecular complexity index is 1100. The second kappa shape index (κ2) is 16.2. The monoisotopic (exact) mass is 579 g/mol. The number of nitrogens with zero attached hydrogens (tertiary/aromatic N) is 3. The molecule has 0 N–H and O–H groups in total. The summed E-state index contributed by atoms with van der Waals surface area (Å²) in [4.78, 5) is 29.4. The molecule has 2 amide bonds. The molecule has 2 aromatic rings. The molecule has 0 radical (unpaired) electrons. The summed E-state index contributed by atoms with van der Waals surface area (Å²) in [5, 5.41) is 0. The summed E-state index contributed by atoms with van der Waals surface area (Å²) >= 11 is 5.57. The molecule has 2 unspecified atom stereocenters. The number of carbonyl (C=O) groups excluding carboxylic acids is 2. The number of likely N-dealkylation sites (tertiary alicyclic amines) is 2. The predicted molar refractivity (Wildman–Crippen MR) is 170 cm³/mol. The Morgan fingerprint density at radius 3 is 1.76 bits per heavy atom. The van der Waals surface area contributed by atoms with Crippen molar-refractivity contribution in [1.82, 2.24) is 9.80 Å². The van der Waals surface area contributed by atoms with E-state index in [4.69, 9.17) is 11.6 Å². The maximum atomic E-state index is 12.1. The average molecular weight is 580 g/mol. The van der Waals surface area contributed by atoms with Gasteiger partial charge in [-0.25, -0.2) is 0 Å². The molecule has 3 heterocycles. The molecule has 6 rings (SSSR count). The predicted octanol–water partition coefficient (Wildman–Crippen LogP) is 7.44. The van der Waals surface area contributed by atoms with Crippen molar-refractivity contribution in [3.63, 3.8) is 0 Å². The van der Waals surface area contributed by atoms with Crippen LogP contribution < -0.4 is 4.90 Å². The maximum absolute atomic E-state index is 12.1. The van der Waals surface area contributed by atoms with Gasteiger partial charge in [0.25, 0.3) is 0 Å². The van der Waals surface area contributed by atoms with Gasteiger partial charge in [-0.2, -0.15) is 0 Å². The molecule has 5 nitrogen and oxygen atoms in total. The molecule has 224 valence electrons. The fourth-order valence-corrected chi connectivity index (χ4v) is 7.04. The molecule has 4 aliphatic rings. The van der Waals surface area contributed by atoms with Crippen LogP contribution in [0.5, 0.6) is 0 Å². The van der Waals surface area contributed by atoms with Gasteiger partial charge in [-0.3, -0.25) is 9.59 Å². The number of anilines is 1. The molecule has 0 spiro atoms. The van der Waals surface area contributed by atoms with Crippen molar-refractivity contribution < 1.29 is 9.59 Å². The van der Waals surface area contributed by atoms with Crippen LogP contribution in [0.3, 0.4) is 0 Å². The van der Waals surface area contributed by atoms with Crippen molar-refractivity contribution in [2.45, 2.75) is 90.9 Å². The van der Waals surface area contributed by atoms with Crippen molar-refractivity contribution >= 4 is 29.1 Å². The quantitative estimate of drug-likeness (QED) is 0.253. The molecular formula is C35H50ClN3O2. The highest BCUT2D eigenvalue weighted by atomic mass is 35.5. The summed E-state index contributed by atoms with van der Waals surface area (Å²) in [5.41, 5.74) is 5.91. The summed E-state index contributed by atoms with van der Waals surface area (Å²) in [6, 6.07) is 17.8. The number of halogens is 1. The molecular weight excluding hydrogens is 530 g/mol. The molecule has 0 aromatic heterocycles. The maximum Gasteiger partial charge on any atom is 0.224 e. The van der Waals surface area contributed by atoms with E-state index in [1.165, 1.54) is 62.6 Å². The van der Waals surface area contributed by atoms with E-state index in [1.807, 2.05) is 0 Å². The van der Waals surface area contributed by atoms with Gasteiger partial charge in [0.1, 0.15) is 0 Å². The number of aryl methyl sites for hydroxylation is 3. The topological polar surface area (TPSA) is 43.9 Å². The lowest BCUT2D eigenvalue weighted by Gasteiger charge is -2.34. The van der Waals surface area contributed by atoms with Gasteiger partial charge in [-0.05, 0) is 86.0 Å². The van der Waals surface area contributed by atoms with Crippen LogP contribution >= 0.6 is 11.6 Å². The average Bonchev–Trinajstić information content (AvgIpc) is 3.54. The number of rotatable bonds is 7. The molecule has 2 saturated heterocycles. The Morgan fingerprint density at radius 2 is 1.20 bits per heavy atom. The lowest BCUT2D eigenvalue weighted by molar-refractivity contribution is -0.128. The summed E-state index contributed by atoms with van der Waals surface area (Å²) in [5.74, 6) is 1.70. The van der Waals surface area contributed by atoms with Gasteiger partial charge in [0, 0.05) is 38.2 Å². The first-order chi connectivity index (χ1) is 20.0. The number of hydrogen-bond acceptors (Lipinski definition) is 3. The van der Waals surface area contributed by atoms with Crippen molar-refractivity contribution in [2.75, 3.05) is 37.2 Å². The van der Waals surface area contributed by atoms with Crippen LogP contribution in [0.25, 0.3) is 0 Å². The van der Waals surface area contributed by atoms with E-state index < -0.39 is 0 Å². The third kappa shape index (κ3) is 8.98. The van der Waals surface area contributed by atoms with Gasteiger partial charge in [0.15, 0.2) is 0 Å². The second-order valence-electron chi connectivity index (χ2n) is 12.2. The summed E-state index contributed by atoms with van der Waals surface area (Å²) in [7, 11) is 0. The van der Waals surface area contributed by atoms with Crippen molar-refractivity contribution in [2.24, 2.45) is 11.8 Å². The molecule has 2 aromatic carbocycles. The van der Waals surface area contributed by atoms with Gasteiger partial charge in [-0.15, -0.1) is 11.6 Å². The number of hydrogen-bond donors (Lipinski definition) is 0. The Morgan fingerprint density at radius 1 is 0.683 bits per heavy atom. The van der Waals surface area contributed by atoms with Crippen LogP contribution in [0.15, 0.2) is 48.5 Å². The summed E-state index contributed by atoms with van der Waals surface area (Å²) in [6.07, 6.45) is 13.9. The lowest BCUT2D eigenvalue weighted by atomic mass is 9.92. The first-order valence-corrected chi connectivity index (χ1v) is 16.6. The van der Waals surface area contributed by atoms with E-state index in [2.05, 4.69) is 72.2 Å². The molecule has 1 aliphatic carbocycles. The van der Waals surface area contributed by atoms with Crippen molar-refractivity contribution in [1.29, 1.82) is 0 Å². The number of carbonyl (C=O) groups is 2. The Labute approximate surface area is 253 Å². The Hall–Kier alpha value is -2.53. The first-order valence-electron chi connectivity index (χ1n) is 16.0. The van der Waals surface area contributed by atoms with Crippen LogP contribution in [0.4, 0.5) is 5.69 Å². The van der Waals surface area contributed by atoms with E-state index in [-0.39, 0.29) is 5.91 Å². The van der Waals surface area contributed by atoms with Gasteiger partial charge in [0.2, 0.25) is 11.8 Å². The zero-order chi connectivity index (χ0) is 29.0. The van der Waals surface area contributed by atoms with Crippen LogP contribution in [-0.4, -0.2) is 53.9 Å².